The first-order chi connectivity index (χ1) is 10.8. The van der Waals surface area contributed by atoms with Gasteiger partial charge >= 0.3 is 5.97 Å². The molecule has 0 spiro atoms. The molecular formula is C15H18N4O3S. The maximum Gasteiger partial charge on any atom is 0.356 e. The minimum Gasteiger partial charge on any atom is -0.476 e. The van der Waals surface area contributed by atoms with Gasteiger partial charge in [0, 0.05) is 23.8 Å². The van der Waals surface area contributed by atoms with Crippen LogP contribution in [-0.4, -0.2) is 38.5 Å². The number of aromatic carboxylic acids is 1. The van der Waals surface area contributed by atoms with Crippen molar-refractivity contribution in [2.45, 2.75) is 32.6 Å². The molecule has 0 aliphatic heterocycles. The largest absolute Gasteiger partial charge is 0.476 e. The molecule has 0 aliphatic carbocycles. The van der Waals surface area contributed by atoms with Crippen LogP contribution in [0.2, 0.25) is 0 Å². The van der Waals surface area contributed by atoms with Gasteiger partial charge in [-0.1, -0.05) is 20.8 Å². The fourth-order valence-electron chi connectivity index (χ4n) is 1.72. The average Bonchev–Trinajstić information content (AvgIpc) is 2.96. The zero-order valence-electron chi connectivity index (χ0n) is 13.2. The molecule has 122 valence electrons. The van der Waals surface area contributed by atoms with E-state index in [1.807, 2.05) is 5.38 Å². The van der Waals surface area contributed by atoms with Crippen molar-refractivity contribution in [1.29, 1.82) is 0 Å². The molecule has 2 aromatic rings. The van der Waals surface area contributed by atoms with Gasteiger partial charge in [0.25, 0.3) is 5.91 Å². The summed E-state index contributed by atoms with van der Waals surface area (Å²) in [6.07, 6.45) is 2.84. The summed E-state index contributed by atoms with van der Waals surface area (Å²) in [6.45, 7) is 6.75. The van der Waals surface area contributed by atoms with Gasteiger partial charge < -0.3 is 10.4 Å². The molecule has 0 aliphatic rings. The lowest BCUT2D eigenvalue weighted by Gasteiger charge is -2.13. The SMILES string of the molecule is CC(C)(C)c1nc(CCNC(=O)c2cnc(C(=O)O)cn2)cs1. The summed E-state index contributed by atoms with van der Waals surface area (Å²) in [4.78, 5) is 34.6. The number of aromatic nitrogens is 3. The van der Waals surface area contributed by atoms with Crippen LogP contribution >= 0.6 is 11.3 Å². The third kappa shape index (κ3) is 4.56. The van der Waals surface area contributed by atoms with Gasteiger partial charge in [0.05, 0.1) is 23.1 Å². The number of amides is 1. The van der Waals surface area contributed by atoms with Crippen molar-refractivity contribution >= 4 is 23.2 Å². The third-order valence-electron chi connectivity index (χ3n) is 2.96. The van der Waals surface area contributed by atoms with Gasteiger partial charge in [-0.3, -0.25) is 4.79 Å². The lowest BCUT2D eigenvalue weighted by molar-refractivity contribution is 0.0689. The first-order valence-corrected chi connectivity index (χ1v) is 7.94. The first kappa shape index (κ1) is 17.0. The highest BCUT2D eigenvalue weighted by molar-refractivity contribution is 7.09. The molecule has 0 bridgehead atoms. The molecule has 8 heteroatoms. The second-order valence-electron chi connectivity index (χ2n) is 5.99. The molecule has 0 saturated heterocycles. The fourth-order valence-corrected chi connectivity index (χ4v) is 2.66. The Morgan fingerprint density at radius 3 is 2.39 bits per heavy atom. The van der Waals surface area contributed by atoms with Crippen molar-refractivity contribution in [3.63, 3.8) is 0 Å². The molecule has 0 radical (unpaired) electrons. The van der Waals surface area contributed by atoms with Crippen molar-refractivity contribution in [1.82, 2.24) is 20.3 Å². The van der Waals surface area contributed by atoms with Crippen LogP contribution in [0.15, 0.2) is 17.8 Å². The number of rotatable bonds is 5. The minimum absolute atomic E-state index is 0.0215. The van der Waals surface area contributed by atoms with Crippen LogP contribution in [0.4, 0.5) is 0 Å². The average molecular weight is 334 g/mol. The number of carboxylic acids is 1. The molecule has 7 nitrogen and oxygen atoms in total. The first-order valence-electron chi connectivity index (χ1n) is 7.06. The lowest BCUT2D eigenvalue weighted by atomic mass is 9.98. The van der Waals surface area contributed by atoms with E-state index >= 15 is 0 Å². The molecule has 2 rings (SSSR count). The van der Waals surface area contributed by atoms with Crippen molar-refractivity contribution < 1.29 is 14.7 Å². The molecule has 1 amide bonds. The van der Waals surface area contributed by atoms with E-state index in [-0.39, 0.29) is 22.7 Å². The third-order valence-corrected chi connectivity index (χ3v) is 4.28. The van der Waals surface area contributed by atoms with E-state index < -0.39 is 5.97 Å². The van der Waals surface area contributed by atoms with E-state index in [1.54, 1.807) is 11.3 Å². The predicted octanol–water partition coefficient (Wildman–Crippen LogP) is 1.90. The summed E-state index contributed by atoms with van der Waals surface area (Å²) in [5.41, 5.74) is 0.850. The number of nitrogens with zero attached hydrogens (tertiary/aromatic N) is 3. The molecule has 0 atom stereocenters. The monoisotopic (exact) mass is 334 g/mol. The van der Waals surface area contributed by atoms with Crippen molar-refractivity contribution in [2.24, 2.45) is 0 Å². The molecule has 2 heterocycles. The molecule has 0 aromatic carbocycles. The number of carbonyl (C=O) groups excluding carboxylic acids is 1. The van der Waals surface area contributed by atoms with Crippen LogP contribution in [0.25, 0.3) is 0 Å². The van der Waals surface area contributed by atoms with Crippen LogP contribution < -0.4 is 5.32 Å². The molecule has 0 saturated carbocycles. The summed E-state index contributed by atoms with van der Waals surface area (Å²) in [7, 11) is 0. The molecular weight excluding hydrogens is 316 g/mol. The van der Waals surface area contributed by atoms with E-state index in [0.29, 0.717) is 13.0 Å². The van der Waals surface area contributed by atoms with Crippen LogP contribution in [0, 0.1) is 0 Å². The summed E-state index contributed by atoms with van der Waals surface area (Å²) >= 11 is 1.61. The number of hydrogen-bond donors (Lipinski definition) is 2. The number of carbonyl (C=O) groups is 2. The Balaban J connectivity index is 1.87. The number of nitrogens with one attached hydrogen (secondary N) is 1. The highest BCUT2D eigenvalue weighted by Gasteiger charge is 2.18. The maximum absolute atomic E-state index is 11.9. The van der Waals surface area contributed by atoms with Crippen LogP contribution in [0.3, 0.4) is 0 Å². The number of hydrogen-bond acceptors (Lipinski definition) is 6. The van der Waals surface area contributed by atoms with Gasteiger partial charge in [0.1, 0.15) is 5.69 Å². The Kier molecular flexibility index (Phi) is 5.05. The van der Waals surface area contributed by atoms with Gasteiger partial charge in [-0.05, 0) is 0 Å². The lowest BCUT2D eigenvalue weighted by Crippen LogP contribution is -2.27. The van der Waals surface area contributed by atoms with Crippen LogP contribution in [0.5, 0.6) is 0 Å². The summed E-state index contributed by atoms with van der Waals surface area (Å²) in [6, 6.07) is 0. The van der Waals surface area contributed by atoms with Gasteiger partial charge in [-0.2, -0.15) is 0 Å². The summed E-state index contributed by atoms with van der Waals surface area (Å²) in [5.74, 6) is -1.57. The van der Waals surface area contributed by atoms with E-state index in [2.05, 4.69) is 41.0 Å². The Morgan fingerprint density at radius 2 is 1.87 bits per heavy atom. The second-order valence-corrected chi connectivity index (χ2v) is 6.85. The summed E-state index contributed by atoms with van der Waals surface area (Å²) in [5, 5.41) is 14.5. The van der Waals surface area contributed by atoms with Crippen molar-refractivity contribution in [3.8, 4) is 0 Å². The van der Waals surface area contributed by atoms with E-state index in [9.17, 15) is 9.59 Å². The minimum atomic E-state index is -1.18. The Bertz CT molecular complexity index is 704. The zero-order valence-corrected chi connectivity index (χ0v) is 14.0. The van der Waals surface area contributed by atoms with Gasteiger partial charge in [-0.15, -0.1) is 11.3 Å². The van der Waals surface area contributed by atoms with Gasteiger partial charge in [0.15, 0.2) is 5.69 Å². The molecule has 23 heavy (non-hydrogen) atoms. The molecule has 2 N–H and O–H groups in total. The predicted molar refractivity (Wildman–Crippen MR) is 85.8 cm³/mol. The zero-order chi connectivity index (χ0) is 17.0. The van der Waals surface area contributed by atoms with E-state index in [1.165, 1.54) is 0 Å². The fraction of sp³-hybridized carbons (Fsp3) is 0.400. The highest BCUT2D eigenvalue weighted by Crippen LogP contribution is 2.25. The van der Waals surface area contributed by atoms with Crippen molar-refractivity contribution in [2.75, 3.05) is 6.54 Å². The Hall–Kier alpha value is -2.35. The number of thiazole rings is 1. The Labute approximate surface area is 137 Å². The molecule has 2 aromatic heterocycles. The summed E-state index contributed by atoms with van der Waals surface area (Å²) < 4.78 is 0. The van der Waals surface area contributed by atoms with Crippen LogP contribution in [-0.2, 0) is 11.8 Å². The second kappa shape index (κ2) is 6.82. The van der Waals surface area contributed by atoms with Crippen molar-refractivity contribution in [3.05, 3.63) is 39.9 Å². The highest BCUT2D eigenvalue weighted by atomic mass is 32.1. The van der Waals surface area contributed by atoms with Gasteiger partial charge in [0.2, 0.25) is 0 Å². The molecule has 0 fully saturated rings. The van der Waals surface area contributed by atoms with E-state index in [0.717, 1.165) is 23.1 Å². The van der Waals surface area contributed by atoms with E-state index in [4.69, 9.17) is 5.11 Å². The van der Waals surface area contributed by atoms with Gasteiger partial charge in [-0.25, -0.2) is 19.7 Å². The standard InChI is InChI=1S/C15H18N4O3S/c1-15(2,3)14-19-9(8-23-14)4-5-16-12(20)10-6-18-11(7-17-10)13(21)22/h6-8H,4-5H2,1-3H3,(H,16,20)(H,21,22). The maximum atomic E-state index is 11.9. The number of carboxylic acid groups (broad SMARTS) is 1. The quantitative estimate of drug-likeness (QED) is 0.865. The normalized spacial score (nSPS) is 11.3. The topological polar surface area (TPSA) is 105 Å². The Morgan fingerprint density at radius 1 is 1.22 bits per heavy atom. The molecule has 0 unspecified atom stereocenters. The smallest absolute Gasteiger partial charge is 0.356 e. The van der Waals surface area contributed by atoms with Crippen LogP contribution in [0.1, 0.15) is 52.4 Å².